The van der Waals surface area contributed by atoms with Crippen LogP contribution in [-0.4, -0.2) is 26.4 Å². The number of rotatable bonds is 5. The number of nitrogens with zero attached hydrogens (tertiary/aromatic N) is 3. The Kier molecular flexibility index (Phi) is 5.53. The van der Waals surface area contributed by atoms with Crippen LogP contribution in [0.4, 0.5) is 4.39 Å². The number of aromatic nitrogens is 3. The second kappa shape index (κ2) is 8.58. The van der Waals surface area contributed by atoms with Gasteiger partial charge in [0.25, 0.3) is 11.5 Å². The van der Waals surface area contributed by atoms with Crippen molar-refractivity contribution in [3.05, 3.63) is 106 Å². The minimum Gasteiger partial charge on any atom is -0.290 e. The molecule has 0 saturated heterocycles. The zero-order valence-corrected chi connectivity index (χ0v) is 16.5. The maximum Gasteiger partial charge on any atom is 0.281 e. The van der Waals surface area contributed by atoms with E-state index in [0.29, 0.717) is 28.2 Å². The van der Waals surface area contributed by atoms with Crippen LogP contribution in [0.1, 0.15) is 22.8 Å². The molecule has 8 heteroatoms. The molecule has 0 radical (unpaired) electrons. The Morgan fingerprint density at radius 1 is 1.03 bits per heavy atom. The van der Waals surface area contributed by atoms with Gasteiger partial charge in [-0.2, -0.15) is 5.10 Å². The van der Waals surface area contributed by atoms with Gasteiger partial charge in [0, 0.05) is 23.5 Å². The average Bonchev–Trinajstić information content (AvgIpc) is 3.16. The quantitative estimate of drug-likeness (QED) is 0.386. The SMILES string of the molecule is CC(=NNC(=O)c1ccncc1)c1c(-c2ccccc2)[nH]n(-c2ccc(F)cc2)c1=O. The molecule has 0 fully saturated rings. The molecule has 154 valence electrons. The van der Waals surface area contributed by atoms with Gasteiger partial charge in [-0.05, 0) is 43.3 Å². The Hall–Kier alpha value is -4.33. The zero-order valence-electron chi connectivity index (χ0n) is 16.5. The number of carbonyl (C=O) groups excluding carboxylic acids is 1. The second-order valence-electron chi connectivity index (χ2n) is 6.72. The molecule has 2 N–H and O–H groups in total. The van der Waals surface area contributed by atoms with Crippen molar-refractivity contribution in [2.75, 3.05) is 0 Å². The van der Waals surface area contributed by atoms with E-state index in [1.165, 1.54) is 41.3 Å². The van der Waals surface area contributed by atoms with Gasteiger partial charge in [0.15, 0.2) is 0 Å². The van der Waals surface area contributed by atoms with E-state index in [1.807, 2.05) is 30.3 Å². The summed E-state index contributed by atoms with van der Waals surface area (Å²) in [5.74, 6) is -0.819. The largest absolute Gasteiger partial charge is 0.290 e. The van der Waals surface area contributed by atoms with Crippen molar-refractivity contribution < 1.29 is 9.18 Å². The van der Waals surface area contributed by atoms with Crippen molar-refractivity contribution >= 4 is 11.6 Å². The first-order valence-electron chi connectivity index (χ1n) is 9.46. The van der Waals surface area contributed by atoms with E-state index < -0.39 is 11.7 Å². The smallest absolute Gasteiger partial charge is 0.281 e. The third-order valence-corrected chi connectivity index (χ3v) is 4.67. The summed E-state index contributed by atoms with van der Waals surface area (Å²) < 4.78 is 14.7. The standard InChI is InChI=1S/C23H18FN5O2/c1-15(26-27-22(30)17-11-13-25-14-12-17)20-21(16-5-3-2-4-6-16)28-29(23(20)31)19-9-7-18(24)8-10-19/h2-14,28H,1H3,(H,27,30). The third-order valence-electron chi connectivity index (χ3n) is 4.67. The van der Waals surface area contributed by atoms with Gasteiger partial charge in [-0.3, -0.25) is 19.7 Å². The normalized spacial score (nSPS) is 11.4. The topological polar surface area (TPSA) is 92.1 Å². The molecule has 0 aliphatic heterocycles. The minimum atomic E-state index is -0.419. The van der Waals surface area contributed by atoms with E-state index in [1.54, 1.807) is 19.1 Å². The molecule has 0 saturated carbocycles. The Morgan fingerprint density at radius 2 is 1.71 bits per heavy atom. The first kappa shape index (κ1) is 20.0. The highest BCUT2D eigenvalue weighted by atomic mass is 19.1. The van der Waals surface area contributed by atoms with Crippen LogP contribution in [0, 0.1) is 5.82 Å². The van der Waals surface area contributed by atoms with Crippen LogP contribution in [0.25, 0.3) is 16.9 Å². The van der Waals surface area contributed by atoms with Gasteiger partial charge in [0.1, 0.15) is 5.82 Å². The van der Waals surface area contributed by atoms with Crippen molar-refractivity contribution in [3.63, 3.8) is 0 Å². The fourth-order valence-electron chi connectivity index (χ4n) is 3.12. The Labute approximate surface area is 176 Å². The van der Waals surface area contributed by atoms with Gasteiger partial charge in [-0.25, -0.2) is 14.5 Å². The molecule has 0 atom stereocenters. The molecule has 4 rings (SSSR count). The third kappa shape index (κ3) is 4.18. The minimum absolute atomic E-state index is 0.297. The maximum atomic E-state index is 13.3. The molecule has 2 heterocycles. The van der Waals surface area contributed by atoms with Gasteiger partial charge in [-0.1, -0.05) is 30.3 Å². The fraction of sp³-hybridized carbons (Fsp3) is 0.0435. The monoisotopic (exact) mass is 415 g/mol. The van der Waals surface area contributed by atoms with Crippen molar-refractivity contribution in [1.29, 1.82) is 0 Å². The Bertz CT molecular complexity index is 1290. The fourth-order valence-corrected chi connectivity index (χ4v) is 3.12. The van der Waals surface area contributed by atoms with E-state index >= 15 is 0 Å². The molecule has 7 nitrogen and oxygen atoms in total. The molecule has 0 unspecified atom stereocenters. The molecule has 1 amide bonds. The first-order chi connectivity index (χ1) is 15.0. The van der Waals surface area contributed by atoms with E-state index in [-0.39, 0.29) is 5.56 Å². The number of amides is 1. The number of nitrogens with one attached hydrogen (secondary N) is 2. The summed E-state index contributed by atoms with van der Waals surface area (Å²) >= 11 is 0. The lowest BCUT2D eigenvalue weighted by molar-refractivity contribution is 0.0954. The molecular formula is C23H18FN5O2. The average molecular weight is 415 g/mol. The summed E-state index contributed by atoms with van der Waals surface area (Å²) in [6.45, 7) is 1.64. The summed E-state index contributed by atoms with van der Waals surface area (Å²) in [6.07, 6.45) is 3.01. The van der Waals surface area contributed by atoms with Crippen LogP contribution in [0.15, 0.2) is 89.0 Å². The van der Waals surface area contributed by atoms with Crippen LogP contribution in [-0.2, 0) is 0 Å². The molecule has 2 aromatic heterocycles. The number of carbonyl (C=O) groups is 1. The van der Waals surface area contributed by atoms with Crippen LogP contribution >= 0.6 is 0 Å². The number of hydrazone groups is 1. The number of halogens is 1. The zero-order chi connectivity index (χ0) is 21.8. The van der Waals surface area contributed by atoms with Gasteiger partial charge in [0.2, 0.25) is 0 Å². The second-order valence-corrected chi connectivity index (χ2v) is 6.72. The predicted molar refractivity (Wildman–Crippen MR) is 116 cm³/mol. The predicted octanol–water partition coefficient (Wildman–Crippen LogP) is 3.52. The molecule has 0 aliphatic rings. The lowest BCUT2D eigenvalue weighted by atomic mass is 10.1. The van der Waals surface area contributed by atoms with Crippen molar-refractivity contribution in [2.24, 2.45) is 5.10 Å². The highest BCUT2D eigenvalue weighted by Crippen LogP contribution is 2.21. The first-order valence-corrected chi connectivity index (χ1v) is 9.46. The van der Waals surface area contributed by atoms with Crippen LogP contribution in [0.2, 0.25) is 0 Å². The van der Waals surface area contributed by atoms with Crippen molar-refractivity contribution in [1.82, 2.24) is 20.2 Å². The van der Waals surface area contributed by atoms with E-state index in [2.05, 4.69) is 20.6 Å². The van der Waals surface area contributed by atoms with Gasteiger partial charge >= 0.3 is 0 Å². The number of hydrogen-bond acceptors (Lipinski definition) is 4. The van der Waals surface area contributed by atoms with E-state index in [9.17, 15) is 14.0 Å². The molecule has 2 aromatic carbocycles. The molecule has 0 spiro atoms. The Morgan fingerprint density at radius 3 is 2.39 bits per heavy atom. The summed E-state index contributed by atoms with van der Waals surface area (Å²) in [6, 6.07) is 18.0. The summed E-state index contributed by atoms with van der Waals surface area (Å²) in [4.78, 5) is 29.4. The van der Waals surface area contributed by atoms with Gasteiger partial charge in [-0.15, -0.1) is 0 Å². The number of H-pyrrole nitrogens is 1. The number of pyridine rings is 1. The molecule has 0 aliphatic carbocycles. The van der Waals surface area contributed by atoms with E-state index in [4.69, 9.17) is 0 Å². The summed E-state index contributed by atoms with van der Waals surface area (Å²) in [5.41, 5.74) is 4.89. The van der Waals surface area contributed by atoms with Crippen LogP contribution < -0.4 is 11.0 Å². The van der Waals surface area contributed by atoms with Crippen molar-refractivity contribution in [3.8, 4) is 16.9 Å². The van der Waals surface area contributed by atoms with Gasteiger partial charge in [0.05, 0.1) is 22.7 Å². The molecule has 4 aromatic rings. The van der Waals surface area contributed by atoms with Crippen LogP contribution in [0.3, 0.4) is 0 Å². The highest BCUT2D eigenvalue weighted by Gasteiger charge is 2.19. The number of benzene rings is 2. The molecule has 0 bridgehead atoms. The number of hydrogen-bond donors (Lipinski definition) is 2. The lowest BCUT2D eigenvalue weighted by Gasteiger charge is -2.04. The van der Waals surface area contributed by atoms with Gasteiger partial charge < -0.3 is 0 Å². The summed E-state index contributed by atoms with van der Waals surface area (Å²) in [7, 11) is 0. The van der Waals surface area contributed by atoms with Crippen LogP contribution in [0.5, 0.6) is 0 Å². The molecule has 31 heavy (non-hydrogen) atoms. The maximum absolute atomic E-state index is 13.3. The number of aromatic amines is 1. The molecular weight excluding hydrogens is 397 g/mol. The highest BCUT2D eigenvalue weighted by molar-refractivity contribution is 6.04. The van der Waals surface area contributed by atoms with Crippen molar-refractivity contribution in [2.45, 2.75) is 6.92 Å². The summed E-state index contributed by atoms with van der Waals surface area (Å²) in [5, 5.41) is 7.22. The van der Waals surface area contributed by atoms with E-state index in [0.717, 1.165) is 5.56 Å². The lowest BCUT2D eigenvalue weighted by Crippen LogP contribution is -2.23. The Balaban J connectivity index is 1.77.